The van der Waals surface area contributed by atoms with Gasteiger partial charge in [0.05, 0.1) is 17.2 Å². The third-order valence-electron chi connectivity index (χ3n) is 12.0. The summed E-state index contributed by atoms with van der Waals surface area (Å²) in [5.74, 6) is -2.97. The number of nitrogens with zero attached hydrogens (tertiary/aromatic N) is 4. The van der Waals surface area contributed by atoms with Gasteiger partial charge in [0.2, 0.25) is 0 Å². The molecule has 2 aliphatic carbocycles. The van der Waals surface area contributed by atoms with Crippen LogP contribution in [-0.2, 0) is 30.0 Å². The van der Waals surface area contributed by atoms with Gasteiger partial charge in [-0.05, 0) is 100 Å². The summed E-state index contributed by atoms with van der Waals surface area (Å²) >= 11 is 0. The van der Waals surface area contributed by atoms with E-state index in [1.165, 1.54) is 0 Å². The van der Waals surface area contributed by atoms with Gasteiger partial charge < -0.3 is 15.2 Å². The van der Waals surface area contributed by atoms with Crippen molar-refractivity contribution in [3.8, 4) is 0 Å². The Bertz CT molecular complexity index is 1940. The Labute approximate surface area is 333 Å². The topological polar surface area (TPSA) is 93.7 Å². The number of nitrogens with one attached hydrogen (secondary N) is 2. The van der Waals surface area contributed by atoms with E-state index in [-0.39, 0.29) is 62.8 Å². The fourth-order valence-electron chi connectivity index (χ4n) is 9.16. The third-order valence-corrected chi connectivity index (χ3v) is 12.0. The van der Waals surface area contributed by atoms with E-state index in [1.54, 1.807) is 9.80 Å². The molecule has 2 unspecified atom stereocenters. The molecule has 3 fully saturated rings. The predicted octanol–water partition coefficient (Wildman–Crippen LogP) is 9.81. The smallest absolute Gasteiger partial charge is 0.337 e. The van der Waals surface area contributed by atoms with Crippen LogP contribution in [0.5, 0.6) is 0 Å². The van der Waals surface area contributed by atoms with Gasteiger partial charge in [-0.3, -0.25) is 14.7 Å². The molecule has 3 aliphatic heterocycles. The van der Waals surface area contributed by atoms with E-state index in [4.69, 9.17) is 0 Å². The zero-order valence-corrected chi connectivity index (χ0v) is 30.7. The maximum absolute atomic E-state index is 14.2. The number of amides is 2. The summed E-state index contributed by atoms with van der Waals surface area (Å²) in [5.41, 5.74) is 3.63. The number of carbonyl (C=O) groups is 2. The van der Waals surface area contributed by atoms with Crippen molar-refractivity contribution in [1.29, 1.82) is 0 Å². The Morgan fingerprint density at radius 1 is 0.655 bits per heavy atom. The van der Waals surface area contributed by atoms with E-state index in [9.17, 15) is 44.7 Å². The van der Waals surface area contributed by atoms with E-state index < -0.39 is 46.9 Å². The number of carbonyl (C=O) groups excluding carboxylic acids is 2. The van der Waals surface area contributed by atoms with Crippen LogP contribution in [0.25, 0.3) is 0 Å². The number of rotatable bonds is 4. The van der Waals surface area contributed by atoms with E-state index in [1.807, 2.05) is 0 Å². The zero-order chi connectivity index (χ0) is 39.8. The highest BCUT2D eigenvalue weighted by molar-refractivity contribution is 6.40. The first kappa shape index (κ1) is 44.6. The third kappa shape index (κ3) is 9.20. The maximum Gasteiger partial charge on any atom is 0.416 e. The number of aromatic amines is 1. The number of aryl methyl sites for hydroxylation is 1. The van der Waals surface area contributed by atoms with Crippen molar-refractivity contribution < 1.29 is 44.7 Å². The second-order valence-electron chi connectivity index (χ2n) is 15.4. The van der Waals surface area contributed by atoms with Crippen molar-refractivity contribution in [3.63, 3.8) is 0 Å². The number of hydrogen-bond donors (Lipinski definition) is 2. The number of fused-ring (bicyclic) bond motifs is 2. The van der Waals surface area contributed by atoms with Gasteiger partial charge >= 0.3 is 12.4 Å². The molecule has 0 radical (unpaired) electrons. The summed E-state index contributed by atoms with van der Waals surface area (Å²) in [7, 11) is 0. The number of hydrazone groups is 1. The molecule has 2 amide bonds. The molecular weight excluding hydrogens is 772 g/mol. The first-order valence-corrected chi connectivity index (χ1v) is 19.4. The van der Waals surface area contributed by atoms with Gasteiger partial charge in [-0.1, -0.05) is 39.8 Å². The summed E-state index contributed by atoms with van der Waals surface area (Å²) in [6, 6.07) is 6.39. The van der Waals surface area contributed by atoms with Crippen molar-refractivity contribution >= 4 is 17.5 Å². The van der Waals surface area contributed by atoms with Crippen LogP contribution in [-0.4, -0.2) is 69.7 Å². The highest BCUT2D eigenvalue weighted by atomic mass is 19.4. The van der Waals surface area contributed by atoms with Gasteiger partial charge in [0.25, 0.3) is 11.8 Å². The molecule has 0 bridgehead atoms. The second-order valence-corrected chi connectivity index (χ2v) is 15.4. The van der Waals surface area contributed by atoms with E-state index in [2.05, 4.69) is 20.7 Å². The van der Waals surface area contributed by atoms with Crippen LogP contribution in [0.3, 0.4) is 0 Å². The molecule has 8 rings (SSSR count). The zero-order valence-electron chi connectivity index (χ0n) is 30.7. The molecule has 16 heteroatoms. The lowest BCUT2D eigenvalue weighted by molar-refractivity contribution is -0.139. The monoisotopic (exact) mass is 824 g/mol. The van der Waals surface area contributed by atoms with Gasteiger partial charge in [0.1, 0.15) is 17.3 Å². The van der Waals surface area contributed by atoms with E-state index in [0.29, 0.717) is 50.2 Å². The Hall–Kier alpha value is -4.50. The Morgan fingerprint density at radius 2 is 1.16 bits per heavy atom. The standard InChI is InChI=1S/C20H23F4N3O.C20H21F4N3O.2CH4/c2*21-15-6-3-5-14(20(22,23)24)17(15)12-8-10-27(11-9-12)19(28)18-13-4-1-2-7-16(13)25-26-18;;/h3,5-6,12-13,16,25H,1-2,4,7-11H2;3,5-6,12H,1-2,4,7-11H2,(H,25,26);2*1H4. The highest BCUT2D eigenvalue weighted by Gasteiger charge is 2.42. The van der Waals surface area contributed by atoms with Gasteiger partial charge in [0, 0.05) is 54.5 Å². The first-order chi connectivity index (χ1) is 26.7. The number of benzene rings is 2. The van der Waals surface area contributed by atoms with Crippen LogP contribution in [0.15, 0.2) is 41.5 Å². The quantitative estimate of drug-likeness (QED) is 0.257. The van der Waals surface area contributed by atoms with Crippen LogP contribution in [0.4, 0.5) is 35.1 Å². The van der Waals surface area contributed by atoms with Gasteiger partial charge in [0.15, 0.2) is 5.69 Å². The highest BCUT2D eigenvalue weighted by Crippen LogP contribution is 2.42. The first-order valence-electron chi connectivity index (χ1n) is 19.4. The van der Waals surface area contributed by atoms with Crippen molar-refractivity contribution in [3.05, 3.63) is 87.2 Å². The number of likely N-dealkylation sites (tertiary alicyclic amines) is 2. The minimum Gasteiger partial charge on any atom is -0.337 e. The Kier molecular flexibility index (Phi) is 14.0. The van der Waals surface area contributed by atoms with Crippen LogP contribution in [0, 0.1) is 17.6 Å². The molecule has 2 aromatic carbocycles. The summed E-state index contributed by atoms with van der Waals surface area (Å²) in [6.45, 7) is 1.20. The minimum absolute atomic E-state index is 0. The number of hydrogen-bond acceptors (Lipinski definition) is 5. The molecule has 4 heterocycles. The summed E-state index contributed by atoms with van der Waals surface area (Å²) in [4.78, 5) is 29.0. The van der Waals surface area contributed by atoms with E-state index >= 15 is 0 Å². The molecule has 5 aliphatic rings. The normalized spacial score (nSPS) is 21.3. The van der Waals surface area contributed by atoms with Crippen LogP contribution >= 0.6 is 0 Å². The molecular formula is C42H52F8N6O2. The number of piperidine rings is 2. The van der Waals surface area contributed by atoms with Crippen molar-refractivity contribution in [2.45, 2.75) is 122 Å². The van der Waals surface area contributed by atoms with Crippen LogP contribution in [0.1, 0.15) is 135 Å². The molecule has 318 valence electrons. The van der Waals surface area contributed by atoms with Crippen LogP contribution < -0.4 is 5.43 Å². The average molecular weight is 825 g/mol. The number of H-pyrrole nitrogens is 1. The summed E-state index contributed by atoms with van der Waals surface area (Å²) < 4.78 is 108. The molecule has 8 nitrogen and oxygen atoms in total. The molecule has 1 aromatic heterocycles. The van der Waals surface area contributed by atoms with Crippen molar-refractivity contribution in [2.24, 2.45) is 11.0 Å². The summed E-state index contributed by atoms with van der Waals surface area (Å²) in [5, 5.41) is 11.4. The van der Waals surface area contributed by atoms with Gasteiger partial charge in [-0.15, -0.1) is 0 Å². The lowest BCUT2D eigenvalue weighted by Gasteiger charge is -2.34. The second kappa shape index (κ2) is 18.2. The largest absolute Gasteiger partial charge is 0.416 e. The van der Waals surface area contributed by atoms with Crippen molar-refractivity contribution in [1.82, 2.24) is 25.4 Å². The van der Waals surface area contributed by atoms with Crippen molar-refractivity contribution in [2.75, 3.05) is 26.2 Å². The van der Waals surface area contributed by atoms with E-state index in [0.717, 1.165) is 99.0 Å². The van der Waals surface area contributed by atoms with Gasteiger partial charge in [-0.2, -0.15) is 36.5 Å². The lowest BCUT2D eigenvalue weighted by Crippen LogP contribution is -2.45. The Balaban J connectivity index is 0.000000214. The maximum atomic E-state index is 14.2. The SMILES string of the molecule is C.C.O=C(C1=NNC2CCCCC12)N1CCC(c2c(F)cccc2C(F)(F)F)CC1.O=C(c1n[nH]c2c1CCCC2)N1CCC(c2c(F)cccc2C(F)(F)F)CC1. The number of aromatic nitrogens is 2. The number of halogens is 8. The van der Waals surface area contributed by atoms with Crippen LogP contribution in [0.2, 0.25) is 0 Å². The fraction of sp³-hybridized carbons (Fsp3) is 0.571. The summed E-state index contributed by atoms with van der Waals surface area (Å²) in [6.07, 6.45) is -0.0721. The minimum atomic E-state index is -4.60. The molecule has 58 heavy (non-hydrogen) atoms. The lowest BCUT2D eigenvalue weighted by atomic mass is 9.81. The molecule has 0 spiro atoms. The van der Waals surface area contributed by atoms with Gasteiger partial charge in [-0.25, -0.2) is 8.78 Å². The molecule has 2 atom stereocenters. The molecule has 2 N–H and O–H groups in total. The fourth-order valence-corrected chi connectivity index (χ4v) is 9.16. The predicted molar refractivity (Wildman–Crippen MR) is 204 cm³/mol. The molecule has 2 saturated heterocycles. The molecule has 3 aromatic rings. The molecule has 1 saturated carbocycles. The number of alkyl halides is 6. The Morgan fingerprint density at radius 3 is 1.69 bits per heavy atom. The average Bonchev–Trinajstić information content (AvgIpc) is 3.82.